The largest absolute Gasteiger partial charge is 0.493 e. The highest BCUT2D eigenvalue weighted by Gasteiger charge is 2.35. The van der Waals surface area contributed by atoms with E-state index in [1.807, 2.05) is 12.1 Å². The van der Waals surface area contributed by atoms with Crippen molar-refractivity contribution in [3.63, 3.8) is 0 Å². The van der Waals surface area contributed by atoms with Crippen LogP contribution in [0.25, 0.3) is 0 Å². The first kappa shape index (κ1) is 29.0. The summed E-state index contributed by atoms with van der Waals surface area (Å²) in [5.41, 5.74) is 2.52. The van der Waals surface area contributed by atoms with Crippen molar-refractivity contribution in [1.82, 2.24) is 4.90 Å². The van der Waals surface area contributed by atoms with Crippen LogP contribution >= 0.6 is 40.5 Å². The molecule has 1 fully saturated rings. The van der Waals surface area contributed by atoms with Gasteiger partial charge in [-0.1, -0.05) is 19.1 Å². The van der Waals surface area contributed by atoms with Gasteiger partial charge in [-0.25, -0.2) is 0 Å². The molecule has 8 heteroatoms. The summed E-state index contributed by atoms with van der Waals surface area (Å²) < 4.78 is 22.0. The first-order valence-corrected chi connectivity index (χ1v) is 13.4. The molecule has 2 aromatic rings. The molecule has 34 heavy (non-hydrogen) atoms. The molecule has 1 atom stereocenters. The highest BCUT2D eigenvalue weighted by atomic mass is 79.9. The minimum Gasteiger partial charge on any atom is -0.493 e. The van der Waals surface area contributed by atoms with E-state index in [0.29, 0.717) is 5.92 Å². The van der Waals surface area contributed by atoms with Crippen LogP contribution in [-0.4, -0.2) is 62.1 Å². The molecule has 1 aliphatic rings. The number of rotatable bonds is 11. The van der Waals surface area contributed by atoms with Crippen molar-refractivity contribution in [2.24, 2.45) is 0 Å². The Morgan fingerprint density at radius 3 is 2.00 bits per heavy atom. The minimum atomic E-state index is 0. The van der Waals surface area contributed by atoms with Gasteiger partial charge in [0.25, 0.3) is 0 Å². The van der Waals surface area contributed by atoms with E-state index in [1.165, 1.54) is 29.1 Å². The van der Waals surface area contributed by atoms with Crippen molar-refractivity contribution in [1.29, 1.82) is 0 Å². The Morgan fingerprint density at radius 1 is 0.853 bits per heavy atom. The van der Waals surface area contributed by atoms with Crippen molar-refractivity contribution in [3.8, 4) is 23.0 Å². The number of ether oxygens (including phenoxy) is 4. The molecule has 3 rings (SSSR count). The van der Waals surface area contributed by atoms with Gasteiger partial charge < -0.3 is 18.9 Å². The number of thioether (sulfide) groups is 2. The second-order valence-electron chi connectivity index (χ2n) is 8.35. The molecule has 1 saturated heterocycles. The number of methoxy groups -OCH3 is 4. The maximum Gasteiger partial charge on any atom is 0.160 e. The summed E-state index contributed by atoms with van der Waals surface area (Å²) in [4.78, 5) is 2.65. The average Bonchev–Trinajstić information content (AvgIpc) is 2.85. The fourth-order valence-electron chi connectivity index (χ4n) is 4.16. The molecular weight excluding hydrogens is 534 g/mol. The summed E-state index contributed by atoms with van der Waals surface area (Å²) in [6.45, 7) is 6.63. The van der Waals surface area contributed by atoms with Crippen molar-refractivity contribution in [2.45, 2.75) is 36.8 Å². The Kier molecular flexibility index (Phi) is 11.7. The lowest BCUT2D eigenvalue weighted by atomic mass is 9.99. The lowest BCUT2D eigenvalue weighted by molar-refractivity contribution is 0.235. The molecule has 1 aliphatic heterocycles. The molecule has 5 nitrogen and oxygen atoms in total. The van der Waals surface area contributed by atoms with Crippen molar-refractivity contribution < 1.29 is 18.9 Å². The third-order valence-corrected chi connectivity index (χ3v) is 9.47. The molecule has 1 unspecified atom stereocenters. The maximum absolute atomic E-state index is 5.55. The van der Waals surface area contributed by atoms with Gasteiger partial charge in [-0.15, -0.1) is 40.5 Å². The Bertz CT molecular complexity index is 908. The van der Waals surface area contributed by atoms with Crippen LogP contribution in [0.4, 0.5) is 0 Å². The predicted molar refractivity (Wildman–Crippen MR) is 151 cm³/mol. The van der Waals surface area contributed by atoms with Crippen LogP contribution in [0.5, 0.6) is 23.0 Å². The lowest BCUT2D eigenvalue weighted by Crippen LogP contribution is -2.46. The zero-order chi connectivity index (χ0) is 23.8. The molecule has 0 N–H and O–H groups in total. The van der Waals surface area contributed by atoms with Gasteiger partial charge in [0.2, 0.25) is 0 Å². The average molecular weight is 573 g/mol. The monoisotopic (exact) mass is 571 g/mol. The summed E-state index contributed by atoms with van der Waals surface area (Å²) in [7, 11) is 6.73. The Balaban J connectivity index is 0.00000408. The topological polar surface area (TPSA) is 40.2 Å². The molecule has 0 spiro atoms. The number of benzene rings is 2. The standard InChI is InChI=1S/C26H37NO4S2.BrH/c1-19(21-9-11-23(29-4)25(17-21)31-6)18-27(26(2)32-14-7-15-33-26)13-12-20-8-10-22(28-3)24(16-20)30-5;/h8-11,16-17,19H,7,12-15,18H2,1-6H3;1H. The second kappa shape index (κ2) is 13.8. The predicted octanol–water partition coefficient (Wildman–Crippen LogP) is 6.49. The third kappa shape index (κ3) is 7.15. The zero-order valence-corrected chi connectivity index (χ0v) is 24.4. The van der Waals surface area contributed by atoms with E-state index in [2.05, 4.69) is 66.5 Å². The van der Waals surface area contributed by atoms with Gasteiger partial charge in [-0.2, -0.15) is 0 Å². The van der Waals surface area contributed by atoms with Gasteiger partial charge >= 0.3 is 0 Å². The van der Waals surface area contributed by atoms with E-state index in [0.717, 1.165) is 42.5 Å². The second-order valence-corrected chi connectivity index (χ2v) is 11.6. The van der Waals surface area contributed by atoms with E-state index in [-0.39, 0.29) is 21.2 Å². The molecule has 0 amide bonds. The van der Waals surface area contributed by atoms with Crippen molar-refractivity contribution in [2.75, 3.05) is 53.0 Å². The molecule has 2 aromatic carbocycles. The quantitative estimate of drug-likeness (QED) is 0.305. The summed E-state index contributed by atoms with van der Waals surface area (Å²) in [6.07, 6.45) is 2.23. The van der Waals surface area contributed by atoms with Crippen LogP contribution in [0, 0.1) is 0 Å². The van der Waals surface area contributed by atoms with Crippen molar-refractivity contribution >= 4 is 40.5 Å². The smallest absolute Gasteiger partial charge is 0.160 e. The highest BCUT2D eigenvalue weighted by molar-refractivity contribution is 8.93. The molecule has 0 aliphatic carbocycles. The fourth-order valence-corrected chi connectivity index (χ4v) is 7.21. The van der Waals surface area contributed by atoms with Crippen LogP contribution in [0.3, 0.4) is 0 Å². The molecular formula is C26H38BrNO4S2. The minimum absolute atomic E-state index is 0. The van der Waals surface area contributed by atoms with Crippen molar-refractivity contribution in [3.05, 3.63) is 47.5 Å². The first-order chi connectivity index (χ1) is 15.9. The summed E-state index contributed by atoms with van der Waals surface area (Å²) in [6, 6.07) is 12.5. The van der Waals surface area contributed by atoms with Crippen LogP contribution in [-0.2, 0) is 6.42 Å². The molecule has 0 aromatic heterocycles. The van der Waals surface area contributed by atoms with Gasteiger partial charge in [0.1, 0.15) is 4.20 Å². The van der Waals surface area contributed by atoms with Crippen LogP contribution in [0.1, 0.15) is 37.3 Å². The van der Waals surface area contributed by atoms with Crippen LogP contribution in [0.15, 0.2) is 36.4 Å². The van der Waals surface area contributed by atoms with Crippen LogP contribution in [0.2, 0.25) is 0 Å². The van der Waals surface area contributed by atoms with Gasteiger partial charge in [0, 0.05) is 13.1 Å². The Morgan fingerprint density at radius 2 is 1.41 bits per heavy atom. The van der Waals surface area contributed by atoms with E-state index < -0.39 is 0 Å². The lowest BCUT2D eigenvalue weighted by Gasteiger charge is -2.44. The SMILES string of the molecule is Br.COc1ccc(CCN(CC(C)c2ccc(OC)c(OC)c2)C2(C)SCCCS2)cc1OC. The zero-order valence-electron chi connectivity index (χ0n) is 21.1. The molecule has 0 saturated carbocycles. The number of halogens is 1. The van der Waals surface area contributed by atoms with Gasteiger partial charge in [-0.05, 0) is 72.6 Å². The molecule has 190 valence electrons. The third-order valence-electron chi connectivity index (χ3n) is 6.19. The summed E-state index contributed by atoms with van der Waals surface area (Å²) >= 11 is 4.15. The molecule has 0 radical (unpaired) electrons. The van der Waals surface area contributed by atoms with E-state index in [4.69, 9.17) is 18.9 Å². The first-order valence-electron chi connectivity index (χ1n) is 11.4. The Hall–Kier alpha value is -1.22. The molecule has 1 heterocycles. The van der Waals surface area contributed by atoms with Crippen LogP contribution < -0.4 is 18.9 Å². The Labute approximate surface area is 224 Å². The summed E-state index contributed by atoms with van der Waals surface area (Å²) in [5.74, 6) is 5.88. The summed E-state index contributed by atoms with van der Waals surface area (Å²) in [5, 5.41) is 0. The van der Waals surface area contributed by atoms with Gasteiger partial charge in [0.15, 0.2) is 23.0 Å². The number of nitrogens with zero attached hydrogens (tertiary/aromatic N) is 1. The maximum atomic E-state index is 5.55. The normalized spacial score (nSPS) is 15.9. The van der Waals surface area contributed by atoms with Gasteiger partial charge in [0.05, 0.1) is 28.4 Å². The van der Waals surface area contributed by atoms with Gasteiger partial charge in [-0.3, -0.25) is 4.90 Å². The van der Waals surface area contributed by atoms with E-state index in [1.54, 1.807) is 28.4 Å². The fraction of sp³-hybridized carbons (Fsp3) is 0.538. The number of hydrogen-bond acceptors (Lipinski definition) is 7. The number of hydrogen-bond donors (Lipinski definition) is 0. The highest BCUT2D eigenvalue weighted by Crippen LogP contribution is 2.45. The van der Waals surface area contributed by atoms with E-state index in [9.17, 15) is 0 Å². The van der Waals surface area contributed by atoms with E-state index >= 15 is 0 Å². The molecule has 0 bridgehead atoms.